The van der Waals surface area contributed by atoms with Crippen LogP contribution in [0.3, 0.4) is 0 Å². The lowest BCUT2D eigenvalue weighted by Gasteiger charge is -2.15. The lowest BCUT2D eigenvalue weighted by Crippen LogP contribution is -2.23. The number of unbranched alkanes of at least 4 members (excludes halogenated alkanes) is 1. The van der Waals surface area contributed by atoms with Crippen molar-refractivity contribution < 1.29 is 9.18 Å². The molecule has 0 fully saturated rings. The van der Waals surface area contributed by atoms with Crippen LogP contribution < -0.4 is 11.1 Å². The van der Waals surface area contributed by atoms with Crippen LogP contribution in [-0.2, 0) is 4.79 Å². The first-order chi connectivity index (χ1) is 9.49. The Morgan fingerprint density at radius 1 is 1.45 bits per heavy atom. The van der Waals surface area contributed by atoms with Crippen molar-refractivity contribution in [2.45, 2.75) is 39.5 Å². The molecule has 0 aromatic heterocycles. The van der Waals surface area contributed by atoms with Crippen molar-refractivity contribution in [2.24, 2.45) is 11.7 Å². The second-order valence-electron chi connectivity index (χ2n) is 4.80. The Kier molecular flexibility index (Phi) is 6.58. The molecule has 0 radical (unpaired) electrons. The summed E-state index contributed by atoms with van der Waals surface area (Å²) in [7, 11) is 0. The van der Waals surface area contributed by atoms with Gasteiger partial charge in [0.05, 0.1) is 5.69 Å². The number of thiocarbonyl (C=S) groups is 1. The SMILES string of the molecule is CCCCC(CC)C(=O)Nc1ccc(C(N)=S)cc1F. The minimum atomic E-state index is -0.519. The number of carbonyl (C=O) groups is 1. The molecule has 0 aliphatic rings. The summed E-state index contributed by atoms with van der Waals surface area (Å²) in [5.74, 6) is -0.735. The highest BCUT2D eigenvalue weighted by Gasteiger charge is 2.17. The largest absolute Gasteiger partial charge is 0.389 e. The summed E-state index contributed by atoms with van der Waals surface area (Å²) < 4.78 is 13.9. The summed E-state index contributed by atoms with van der Waals surface area (Å²) in [5.41, 5.74) is 6.06. The molecule has 0 saturated heterocycles. The van der Waals surface area contributed by atoms with E-state index in [-0.39, 0.29) is 22.5 Å². The molecule has 0 spiro atoms. The van der Waals surface area contributed by atoms with Crippen molar-refractivity contribution in [3.8, 4) is 0 Å². The van der Waals surface area contributed by atoms with Gasteiger partial charge in [-0.25, -0.2) is 4.39 Å². The van der Waals surface area contributed by atoms with Gasteiger partial charge in [0.2, 0.25) is 5.91 Å². The van der Waals surface area contributed by atoms with Crippen LogP contribution in [0.25, 0.3) is 0 Å². The van der Waals surface area contributed by atoms with Crippen molar-refractivity contribution in [3.63, 3.8) is 0 Å². The Morgan fingerprint density at radius 2 is 2.15 bits per heavy atom. The maximum absolute atomic E-state index is 13.9. The molecule has 0 bridgehead atoms. The smallest absolute Gasteiger partial charge is 0.227 e. The molecule has 0 saturated carbocycles. The summed E-state index contributed by atoms with van der Waals surface area (Å²) in [6.07, 6.45) is 3.61. The van der Waals surface area contributed by atoms with Crippen LogP contribution in [0.4, 0.5) is 10.1 Å². The molecule has 1 atom stereocenters. The summed E-state index contributed by atoms with van der Waals surface area (Å²) in [6, 6.07) is 4.34. The third-order valence-corrected chi connectivity index (χ3v) is 3.52. The number of amides is 1. The van der Waals surface area contributed by atoms with E-state index in [9.17, 15) is 9.18 Å². The van der Waals surface area contributed by atoms with Crippen molar-refractivity contribution in [2.75, 3.05) is 5.32 Å². The molecule has 20 heavy (non-hydrogen) atoms. The highest BCUT2D eigenvalue weighted by molar-refractivity contribution is 7.80. The van der Waals surface area contributed by atoms with Gasteiger partial charge in [0.1, 0.15) is 10.8 Å². The van der Waals surface area contributed by atoms with Crippen LogP contribution in [0.5, 0.6) is 0 Å². The zero-order valence-electron chi connectivity index (χ0n) is 11.9. The molecule has 3 N–H and O–H groups in total. The molecular formula is C15H21FN2OS. The molecular weight excluding hydrogens is 275 g/mol. The number of carbonyl (C=O) groups excluding carboxylic acids is 1. The van der Waals surface area contributed by atoms with Crippen molar-refractivity contribution >= 4 is 28.8 Å². The topological polar surface area (TPSA) is 55.1 Å². The van der Waals surface area contributed by atoms with Gasteiger partial charge >= 0.3 is 0 Å². The quantitative estimate of drug-likeness (QED) is 0.756. The van der Waals surface area contributed by atoms with Gasteiger partial charge in [-0.2, -0.15) is 0 Å². The first kappa shape index (κ1) is 16.6. The molecule has 3 nitrogen and oxygen atoms in total. The maximum Gasteiger partial charge on any atom is 0.227 e. The second-order valence-corrected chi connectivity index (χ2v) is 5.24. The molecule has 1 aromatic rings. The van der Waals surface area contributed by atoms with Crippen LogP contribution in [-0.4, -0.2) is 10.9 Å². The Hall–Kier alpha value is -1.49. The fraction of sp³-hybridized carbons (Fsp3) is 0.467. The predicted molar refractivity (Wildman–Crippen MR) is 84.2 cm³/mol. The average Bonchev–Trinajstić information content (AvgIpc) is 2.41. The van der Waals surface area contributed by atoms with E-state index in [4.69, 9.17) is 18.0 Å². The van der Waals surface area contributed by atoms with E-state index in [0.717, 1.165) is 25.7 Å². The molecule has 1 unspecified atom stereocenters. The van der Waals surface area contributed by atoms with E-state index in [0.29, 0.717) is 5.56 Å². The molecule has 0 aliphatic carbocycles. The van der Waals surface area contributed by atoms with Crippen molar-refractivity contribution in [1.29, 1.82) is 0 Å². The molecule has 1 rings (SSSR count). The monoisotopic (exact) mass is 296 g/mol. The van der Waals surface area contributed by atoms with E-state index in [2.05, 4.69) is 12.2 Å². The number of hydrogen-bond acceptors (Lipinski definition) is 2. The summed E-state index contributed by atoms with van der Waals surface area (Å²) in [6.45, 7) is 4.05. The van der Waals surface area contributed by atoms with Crippen molar-refractivity contribution in [1.82, 2.24) is 0 Å². The van der Waals surface area contributed by atoms with E-state index < -0.39 is 5.82 Å². The lowest BCUT2D eigenvalue weighted by molar-refractivity contribution is -0.120. The third kappa shape index (κ3) is 4.56. The van der Waals surface area contributed by atoms with Crippen molar-refractivity contribution in [3.05, 3.63) is 29.6 Å². The number of halogens is 1. The number of rotatable bonds is 7. The zero-order chi connectivity index (χ0) is 15.1. The molecule has 110 valence electrons. The highest BCUT2D eigenvalue weighted by atomic mass is 32.1. The van der Waals surface area contributed by atoms with Crippen LogP contribution in [0.15, 0.2) is 18.2 Å². The van der Waals surface area contributed by atoms with E-state index in [1.165, 1.54) is 12.1 Å². The molecule has 1 aromatic carbocycles. The second kappa shape index (κ2) is 7.94. The number of nitrogens with one attached hydrogen (secondary N) is 1. The molecule has 5 heteroatoms. The van der Waals surface area contributed by atoms with Crippen LogP contribution >= 0.6 is 12.2 Å². The van der Waals surface area contributed by atoms with Crippen LogP contribution in [0.2, 0.25) is 0 Å². The van der Waals surface area contributed by atoms with Gasteiger partial charge in [0, 0.05) is 11.5 Å². The van der Waals surface area contributed by atoms with E-state index in [1.807, 2.05) is 6.92 Å². The lowest BCUT2D eigenvalue weighted by atomic mass is 9.98. The van der Waals surface area contributed by atoms with Gasteiger partial charge < -0.3 is 11.1 Å². The minimum Gasteiger partial charge on any atom is -0.389 e. The number of anilines is 1. The summed E-state index contributed by atoms with van der Waals surface area (Å²) in [4.78, 5) is 12.2. The van der Waals surface area contributed by atoms with E-state index >= 15 is 0 Å². The van der Waals surface area contributed by atoms with Gasteiger partial charge in [-0.1, -0.05) is 38.9 Å². The van der Waals surface area contributed by atoms with Crippen LogP contribution in [0.1, 0.15) is 45.1 Å². The summed E-state index contributed by atoms with van der Waals surface area (Å²) >= 11 is 4.78. The third-order valence-electron chi connectivity index (χ3n) is 3.28. The first-order valence-electron chi connectivity index (χ1n) is 6.89. The highest BCUT2D eigenvalue weighted by Crippen LogP contribution is 2.19. The Morgan fingerprint density at radius 3 is 2.65 bits per heavy atom. The van der Waals surface area contributed by atoms with Gasteiger partial charge in [0.25, 0.3) is 0 Å². The standard InChI is InChI=1S/C15H21FN2OS/c1-3-5-6-10(4-2)15(19)18-13-8-7-11(14(17)20)9-12(13)16/h7-10H,3-6H2,1-2H3,(H2,17,20)(H,18,19). The Balaban J connectivity index is 2.76. The van der Waals surface area contributed by atoms with Gasteiger partial charge in [-0.05, 0) is 31.0 Å². The van der Waals surface area contributed by atoms with Crippen LogP contribution in [0, 0.1) is 11.7 Å². The number of nitrogens with two attached hydrogens (primary N) is 1. The fourth-order valence-corrected chi connectivity index (χ4v) is 2.10. The molecule has 0 heterocycles. The minimum absolute atomic E-state index is 0.0791. The maximum atomic E-state index is 13.9. The molecule has 0 aliphatic heterocycles. The van der Waals surface area contributed by atoms with Gasteiger partial charge in [-0.15, -0.1) is 0 Å². The number of hydrogen-bond donors (Lipinski definition) is 2. The predicted octanol–water partition coefficient (Wildman–Crippen LogP) is 3.61. The normalized spacial score (nSPS) is 11.9. The first-order valence-corrected chi connectivity index (χ1v) is 7.30. The van der Waals surface area contributed by atoms with E-state index in [1.54, 1.807) is 6.07 Å². The summed E-state index contributed by atoms with van der Waals surface area (Å²) in [5, 5.41) is 2.64. The Bertz CT molecular complexity index is 491. The zero-order valence-corrected chi connectivity index (χ0v) is 12.7. The fourth-order valence-electron chi connectivity index (χ4n) is 1.98. The van der Waals surface area contributed by atoms with Gasteiger partial charge in [0.15, 0.2) is 0 Å². The number of benzene rings is 1. The average molecular weight is 296 g/mol. The Labute approximate surface area is 124 Å². The van der Waals surface area contributed by atoms with Gasteiger partial charge in [-0.3, -0.25) is 4.79 Å². The molecule has 1 amide bonds.